The van der Waals surface area contributed by atoms with Crippen molar-refractivity contribution in [2.24, 2.45) is 0 Å². The van der Waals surface area contributed by atoms with Crippen molar-refractivity contribution in [3.05, 3.63) is 89.4 Å². The molecule has 4 rings (SSSR count). The second-order valence-electron chi connectivity index (χ2n) is 7.00. The Morgan fingerprint density at radius 3 is 2.59 bits per heavy atom. The van der Waals surface area contributed by atoms with Crippen molar-refractivity contribution in [2.45, 2.75) is 27.7 Å². The Morgan fingerprint density at radius 1 is 1.07 bits per heavy atom. The summed E-state index contributed by atoms with van der Waals surface area (Å²) in [4.78, 5) is 2.14. The zero-order chi connectivity index (χ0) is 19.1. The van der Waals surface area contributed by atoms with Gasteiger partial charge in [0.2, 0.25) is 5.88 Å². The molecule has 0 radical (unpaired) electrons. The molecule has 0 amide bonds. The Kier molecular flexibility index (Phi) is 4.15. The van der Waals surface area contributed by atoms with Gasteiger partial charge in [-0.2, -0.15) is 0 Å². The minimum Gasteiger partial charge on any atom is -0.449 e. The molecule has 2 aromatic carbocycles. The summed E-state index contributed by atoms with van der Waals surface area (Å²) in [5, 5.41) is 0.984. The number of ether oxygens (including phenoxy) is 1. The van der Waals surface area contributed by atoms with Gasteiger partial charge < -0.3 is 9.15 Å². The Hall–Kier alpha value is -3.20. The zero-order valence-corrected chi connectivity index (χ0v) is 16.2. The highest BCUT2D eigenvalue weighted by Crippen LogP contribution is 2.49. The second kappa shape index (κ2) is 6.51. The SMILES string of the molecule is C=C/C(C)=C\C1=C(C)N(c2ccccc2C)c2oc3ccc(C)cc3c2O1. The van der Waals surface area contributed by atoms with Crippen molar-refractivity contribution in [1.82, 2.24) is 0 Å². The average molecular weight is 357 g/mol. The first-order valence-electron chi connectivity index (χ1n) is 9.08. The number of benzene rings is 2. The van der Waals surface area contributed by atoms with Gasteiger partial charge in [-0.3, -0.25) is 4.90 Å². The number of rotatable bonds is 3. The van der Waals surface area contributed by atoms with Crippen LogP contribution in [0, 0.1) is 13.8 Å². The smallest absolute Gasteiger partial charge is 0.249 e. The normalized spacial score (nSPS) is 14.4. The lowest BCUT2D eigenvalue weighted by Crippen LogP contribution is -2.22. The maximum Gasteiger partial charge on any atom is 0.249 e. The predicted octanol–water partition coefficient (Wildman–Crippen LogP) is 6.94. The van der Waals surface area contributed by atoms with Gasteiger partial charge in [0, 0.05) is 0 Å². The van der Waals surface area contributed by atoms with E-state index in [0.717, 1.165) is 45.3 Å². The number of aryl methyl sites for hydroxylation is 2. The number of anilines is 2. The van der Waals surface area contributed by atoms with Crippen LogP contribution in [0.25, 0.3) is 11.0 Å². The molecule has 3 aromatic rings. The van der Waals surface area contributed by atoms with Gasteiger partial charge in [-0.15, -0.1) is 0 Å². The van der Waals surface area contributed by atoms with Gasteiger partial charge in [0.15, 0.2) is 5.75 Å². The van der Waals surface area contributed by atoms with E-state index in [4.69, 9.17) is 9.15 Å². The van der Waals surface area contributed by atoms with E-state index in [2.05, 4.69) is 56.5 Å². The fourth-order valence-corrected chi connectivity index (χ4v) is 3.37. The molecule has 0 aliphatic carbocycles. The summed E-state index contributed by atoms with van der Waals surface area (Å²) in [5.74, 6) is 2.27. The Bertz CT molecular complexity index is 1110. The van der Waals surface area contributed by atoms with Crippen molar-refractivity contribution in [3.8, 4) is 5.75 Å². The minimum atomic E-state index is 0.718. The Balaban J connectivity index is 2.01. The molecule has 0 fully saturated rings. The maximum atomic E-state index is 6.34. The fourth-order valence-electron chi connectivity index (χ4n) is 3.37. The number of hydrogen-bond donors (Lipinski definition) is 0. The topological polar surface area (TPSA) is 25.6 Å². The summed E-state index contributed by atoms with van der Waals surface area (Å²) in [6.07, 6.45) is 3.85. The molecule has 0 bridgehead atoms. The number of fused-ring (bicyclic) bond motifs is 3. The largest absolute Gasteiger partial charge is 0.449 e. The highest BCUT2D eigenvalue weighted by Gasteiger charge is 2.31. The van der Waals surface area contributed by atoms with Gasteiger partial charge in [-0.1, -0.05) is 42.5 Å². The van der Waals surface area contributed by atoms with E-state index >= 15 is 0 Å². The summed E-state index contributed by atoms with van der Waals surface area (Å²) in [6, 6.07) is 14.5. The lowest BCUT2D eigenvalue weighted by molar-refractivity contribution is 0.418. The van der Waals surface area contributed by atoms with Crippen LogP contribution in [0.4, 0.5) is 11.6 Å². The van der Waals surface area contributed by atoms with Crippen LogP contribution < -0.4 is 9.64 Å². The van der Waals surface area contributed by atoms with E-state index in [-0.39, 0.29) is 0 Å². The molecule has 0 saturated carbocycles. The summed E-state index contributed by atoms with van der Waals surface area (Å²) in [6.45, 7) is 12.1. The molecule has 136 valence electrons. The van der Waals surface area contributed by atoms with Crippen molar-refractivity contribution in [1.29, 1.82) is 0 Å². The second-order valence-corrected chi connectivity index (χ2v) is 7.00. The lowest BCUT2D eigenvalue weighted by Gasteiger charge is -2.30. The van der Waals surface area contributed by atoms with Crippen LogP contribution in [0.5, 0.6) is 5.75 Å². The zero-order valence-electron chi connectivity index (χ0n) is 16.2. The van der Waals surface area contributed by atoms with Crippen molar-refractivity contribution in [2.75, 3.05) is 4.90 Å². The number of para-hydroxylation sites is 1. The molecule has 27 heavy (non-hydrogen) atoms. The first-order valence-corrected chi connectivity index (χ1v) is 9.08. The molecule has 3 nitrogen and oxygen atoms in total. The van der Waals surface area contributed by atoms with Gasteiger partial charge in [0.25, 0.3) is 0 Å². The minimum absolute atomic E-state index is 0.718. The van der Waals surface area contributed by atoms with Gasteiger partial charge >= 0.3 is 0 Å². The summed E-state index contributed by atoms with van der Waals surface area (Å²) in [5.41, 5.74) is 6.27. The van der Waals surface area contributed by atoms with E-state index in [1.54, 1.807) is 0 Å². The quantitative estimate of drug-likeness (QED) is 0.475. The van der Waals surface area contributed by atoms with Gasteiger partial charge in [0.1, 0.15) is 11.3 Å². The van der Waals surface area contributed by atoms with Gasteiger partial charge in [-0.05, 0) is 63.1 Å². The molecular formula is C24H23NO2. The Labute approximate surface area is 159 Å². The maximum absolute atomic E-state index is 6.34. The standard InChI is InChI=1S/C24H23NO2/c1-6-15(2)14-22-18(5)25(20-10-8-7-9-17(20)4)24-23(26-22)19-13-16(3)11-12-21(19)27-24/h6-14H,1H2,2-5H3/b15-14-. The molecule has 3 heteroatoms. The molecule has 0 N–H and O–H groups in total. The van der Waals surface area contributed by atoms with E-state index in [0.29, 0.717) is 0 Å². The third kappa shape index (κ3) is 2.85. The highest BCUT2D eigenvalue weighted by atomic mass is 16.5. The summed E-state index contributed by atoms with van der Waals surface area (Å²) < 4.78 is 12.6. The van der Waals surface area contributed by atoms with E-state index in [1.807, 2.05) is 37.3 Å². The molecule has 2 heterocycles. The molecule has 0 saturated heterocycles. The van der Waals surface area contributed by atoms with Gasteiger partial charge in [-0.25, -0.2) is 0 Å². The van der Waals surface area contributed by atoms with Crippen molar-refractivity contribution >= 4 is 22.5 Å². The van der Waals surface area contributed by atoms with Gasteiger partial charge in [0.05, 0.1) is 16.8 Å². The van der Waals surface area contributed by atoms with Crippen LogP contribution in [-0.4, -0.2) is 0 Å². The van der Waals surface area contributed by atoms with Crippen LogP contribution in [0.1, 0.15) is 25.0 Å². The number of nitrogens with zero attached hydrogens (tertiary/aromatic N) is 1. The summed E-state index contributed by atoms with van der Waals surface area (Å²) >= 11 is 0. The molecule has 1 aliphatic rings. The average Bonchev–Trinajstić information content (AvgIpc) is 3.00. The third-order valence-corrected chi connectivity index (χ3v) is 4.92. The highest BCUT2D eigenvalue weighted by molar-refractivity contribution is 5.93. The lowest BCUT2D eigenvalue weighted by atomic mass is 10.1. The van der Waals surface area contributed by atoms with E-state index in [1.165, 1.54) is 11.1 Å². The molecule has 0 spiro atoms. The molecule has 1 aromatic heterocycles. The first-order chi connectivity index (χ1) is 13.0. The summed E-state index contributed by atoms with van der Waals surface area (Å²) in [7, 11) is 0. The molecule has 0 atom stereocenters. The van der Waals surface area contributed by atoms with Crippen molar-refractivity contribution < 1.29 is 9.15 Å². The fraction of sp³-hybridized carbons (Fsp3) is 0.167. The first kappa shape index (κ1) is 17.2. The van der Waals surface area contributed by atoms with Crippen LogP contribution >= 0.6 is 0 Å². The number of furan rings is 1. The van der Waals surface area contributed by atoms with E-state index in [9.17, 15) is 0 Å². The predicted molar refractivity (Wildman–Crippen MR) is 112 cm³/mol. The number of allylic oxidation sites excluding steroid dienone is 4. The van der Waals surface area contributed by atoms with Crippen LogP contribution in [0.2, 0.25) is 0 Å². The number of hydrogen-bond acceptors (Lipinski definition) is 3. The monoisotopic (exact) mass is 357 g/mol. The van der Waals surface area contributed by atoms with E-state index < -0.39 is 0 Å². The van der Waals surface area contributed by atoms with Crippen LogP contribution in [0.15, 0.2) is 82.6 Å². The van der Waals surface area contributed by atoms with Crippen molar-refractivity contribution in [3.63, 3.8) is 0 Å². The third-order valence-electron chi connectivity index (χ3n) is 4.92. The molecule has 0 unspecified atom stereocenters. The van der Waals surface area contributed by atoms with Crippen LogP contribution in [0.3, 0.4) is 0 Å². The van der Waals surface area contributed by atoms with Crippen LogP contribution in [-0.2, 0) is 0 Å². The Morgan fingerprint density at radius 2 is 1.85 bits per heavy atom. The molecule has 1 aliphatic heterocycles. The molecular weight excluding hydrogens is 334 g/mol.